The van der Waals surface area contributed by atoms with Crippen LogP contribution in [0.2, 0.25) is 0 Å². The van der Waals surface area contributed by atoms with E-state index in [0.717, 1.165) is 0 Å². The second-order valence-electron chi connectivity index (χ2n) is 3.76. The highest BCUT2D eigenvalue weighted by molar-refractivity contribution is 5.70. The smallest absolute Gasteiger partial charge is 0.280 e. The minimum atomic E-state index is -0.497. The van der Waals surface area contributed by atoms with Crippen molar-refractivity contribution in [1.82, 2.24) is 0 Å². The summed E-state index contributed by atoms with van der Waals surface area (Å²) in [6.45, 7) is 0. The first kappa shape index (κ1) is 13.1. The molecule has 2 rings (SSSR count). The van der Waals surface area contributed by atoms with Crippen LogP contribution in [0.5, 0.6) is 0 Å². The van der Waals surface area contributed by atoms with Crippen molar-refractivity contribution in [3.63, 3.8) is 0 Å². The molecule has 20 heavy (non-hydrogen) atoms. The Labute approximate surface area is 113 Å². The number of benzene rings is 1. The van der Waals surface area contributed by atoms with Gasteiger partial charge in [-0.05, 0) is 18.2 Å². The van der Waals surface area contributed by atoms with Gasteiger partial charge < -0.3 is 4.42 Å². The maximum Gasteiger partial charge on any atom is 0.280 e. The van der Waals surface area contributed by atoms with Gasteiger partial charge in [-0.15, -0.1) is 0 Å². The van der Waals surface area contributed by atoms with Gasteiger partial charge in [0.2, 0.25) is 0 Å². The van der Waals surface area contributed by atoms with Crippen LogP contribution < -0.4 is 0 Å². The predicted octanol–water partition coefficient (Wildman–Crippen LogP) is 3.29. The summed E-state index contributed by atoms with van der Waals surface area (Å²) in [6, 6.07) is 12.7. The number of nitrogens with zero attached hydrogens (tertiary/aromatic N) is 3. The lowest BCUT2D eigenvalue weighted by molar-refractivity contribution is -0.384. The van der Waals surface area contributed by atoms with Gasteiger partial charge in [0.15, 0.2) is 0 Å². The summed E-state index contributed by atoms with van der Waals surface area (Å²) < 4.78 is 5.41. The average Bonchev–Trinajstić information content (AvgIpc) is 2.93. The molecule has 0 amide bonds. The molecule has 0 N–H and O–H groups in total. The zero-order valence-corrected chi connectivity index (χ0v) is 10.1. The summed E-state index contributed by atoms with van der Waals surface area (Å²) in [6.07, 6.45) is 1.28. The van der Waals surface area contributed by atoms with E-state index in [0.29, 0.717) is 11.3 Å². The SMILES string of the molecule is N#CC(C#N)=Cc1ccc(-c2ccccc2[N+](=O)[O-])o1. The van der Waals surface area contributed by atoms with Crippen molar-refractivity contribution < 1.29 is 9.34 Å². The van der Waals surface area contributed by atoms with Gasteiger partial charge in [0.25, 0.3) is 5.69 Å². The van der Waals surface area contributed by atoms with Crippen LogP contribution in [0.4, 0.5) is 5.69 Å². The quantitative estimate of drug-likeness (QED) is 0.481. The Balaban J connectivity index is 2.46. The molecule has 0 fully saturated rings. The largest absolute Gasteiger partial charge is 0.456 e. The molecule has 6 nitrogen and oxygen atoms in total. The summed E-state index contributed by atoms with van der Waals surface area (Å²) in [5, 5.41) is 28.3. The van der Waals surface area contributed by atoms with Crippen LogP contribution in [0.25, 0.3) is 17.4 Å². The van der Waals surface area contributed by atoms with Crippen molar-refractivity contribution >= 4 is 11.8 Å². The molecule has 6 heteroatoms. The zero-order valence-electron chi connectivity index (χ0n) is 10.1. The van der Waals surface area contributed by atoms with Crippen LogP contribution in [0.1, 0.15) is 5.76 Å². The summed E-state index contributed by atoms with van der Waals surface area (Å²) >= 11 is 0. The van der Waals surface area contributed by atoms with E-state index in [2.05, 4.69) is 0 Å². The molecule has 0 spiro atoms. The van der Waals surface area contributed by atoms with Gasteiger partial charge in [-0.25, -0.2) is 0 Å². The van der Waals surface area contributed by atoms with E-state index in [1.54, 1.807) is 42.5 Å². The number of nitro benzene ring substituents is 1. The first-order valence-electron chi connectivity index (χ1n) is 5.51. The van der Waals surface area contributed by atoms with E-state index < -0.39 is 4.92 Å². The lowest BCUT2D eigenvalue weighted by Crippen LogP contribution is -1.90. The summed E-state index contributed by atoms with van der Waals surface area (Å²) in [5.41, 5.74) is 0.166. The van der Waals surface area contributed by atoms with Crippen LogP contribution in [0.3, 0.4) is 0 Å². The molecule has 0 radical (unpaired) electrons. The Kier molecular flexibility index (Phi) is 3.60. The Morgan fingerprint density at radius 3 is 2.55 bits per heavy atom. The van der Waals surface area contributed by atoms with Crippen LogP contribution in [-0.4, -0.2) is 4.92 Å². The van der Waals surface area contributed by atoms with Gasteiger partial charge in [0.05, 0.1) is 10.5 Å². The van der Waals surface area contributed by atoms with Crippen molar-refractivity contribution in [3.8, 4) is 23.5 Å². The number of rotatable bonds is 3. The third-order valence-corrected chi connectivity index (χ3v) is 2.52. The minimum absolute atomic E-state index is 0.0711. The number of para-hydroxylation sites is 1. The molecular formula is C14H7N3O3. The Hall–Kier alpha value is -3.38. The monoisotopic (exact) mass is 265 g/mol. The van der Waals surface area contributed by atoms with Crippen molar-refractivity contribution in [2.75, 3.05) is 0 Å². The average molecular weight is 265 g/mol. The molecule has 0 unspecified atom stereocenters. The fourth-order valence-corrected chi connectivity index (χ4v) is 1.65. The molecule has 0 aliphatic rings. The molecule has 1 heterocycles. The van der Waals surface area contributed by atoms with Gasteiger partial charge in [0.1, 0.15) is 29.2 Å². The Morgan fingerprint density at radius 1 is 1.20 bits per heavy atom. The third kappa shape index (κ3) is 2.55. The molecule has 1 aromatic carbocycles. The van der Waals surface area contributed by atoms with Crippen molar-refractivity contribution in [1.29, 1.82) is 10.5 Å². The predicted molar refractivity (Wildman–Crippen MR) is 70.0 cm³/mol. The van der Waals surface area contributed by atoms with Gasteiger partial charge >= 0.3 is 0 Å². The molecule has 1 aromatic heterocycles. The highest BCUT2D eigenvalue weighted by Crippen LogP contribution is 2.31. The Morgan fingerprint density at radius 2 is 1.90 bits per heavy atom. The molecule has 0 saturated heterocycles. The summed E-state index contributed by atoms with van der Waals surface area (Å²) in [7, 11) is 0. The topological polar surface area (TPSA) is 104 Å². The number of hydrogen-bond donors (Lipinski definition) is 0. The van der Waals surface area contributed by atoms with Gasteiger partial charge in [-0.3, -0.25) is 10.1 Å². The highest BCUT2D eigenvalue weighted by atomic mass is 16.6. The lowest BCUT2D eigenvalue weighted by Gasteiger charge is -1.98. The van der Waals surface area contributed by atoms with Crippen LogP contribution in [0.15, 0.2) is 46.4 Å². The van der Waals surface area contributed by atoms with Crippen LogP contribution in [-0.2, 0) is 0 Å². The van der Waals surface area contributed by atoms with Crippen molar-refractivity contribution in [2.45, 2.75) is 0 Å². The maximum absolute atomic E-state index is 10.9. The molecule has 0 bridgehead atoms. The number of nitriles is 2. The molecule has 0 aliphatic carbocycles. The van der Waals surface area contributed by atoms with Crippen LogP contribution >= 0.6 is 0 Å². The van der Waals surface area contributed by atoms with Crippen LogP contribution in [0, 0.1) is 32.8 Å². The third-order valence-electron chi connectivity index (χ3n) is 2.52. The standard InChI is InChI=1S/C14H7N3O3/c15-8-10(9-16)7-11-5-6-14(20-11)12-3-1-2-4-13(12)17(18)19/h1-7H. The Bertz CT molecular complexity index is 759. The molecule has 0 aliphatic heterocycles. The second-order valence-corrected chi connectivity index (χ2v) is 3.76. The van der Waals surface area contributed by atoms with E-state index in [1.165, 1.54) is 12.1 Å². The van der Waals surface area contributed by atoms with E-state index in [1.807, 2.05) is 0 Å². The fourth-order valence-electron chi connectivity index (χ4n) is 1.65. The minimum Gasteiger partial charge on any atom is -0.456 e. The first-order chi connectivity index (χ1) is 9.65. The fraction of sp³-hybridized carbons (Fsp3) is 0. The van der Waals surface area contributed by atoms with Crippen molar-refractivity contribution in [3.05, 3.63) is 57.8 Å². The summed E-state index contributed by atoms with van der Waals surface area (Å²) in [5.74, 6) is 0.593. The summed E-state index contributed by atoms with van der Waals surface area (Å²) in [4.78, 5) is 10.4. The van der Waals surface area contributed by atoms with Gasteiger partial charge in [0, 0.05) is 12.1 Å². The van der Waals surface area contributed by atoms with Gasteiger partial charge in [-0.1, -0.05) is 12.1 Å². The first-order valence-corrected chi connectivity index (χ1v) is 5.51. The number of allylic oxidation sites excluding steroid dienone is 1. The zero-order chi connectivity index (χ0) is 14.5. The molecule has 96 valence electrons. The molecule has 2 aromatic rings. The second kappa shape index (κ2) is 5.51. The van der Waals surface area contributed by atoms with E-state index in [-0.39, 0.29) is 17.0 Å². The highest BCUT2D eigenvalue weighted by Gasteiger charge is 2.16. The lowest BCUT2D eigenvalue weighted by atomic mass is 10.1. The van der Waals surface area contributed by atoms with Gasteiger partial charge in [-0.2, -0.15) is 10.5 Å². The number of hydrogen-bond acceptors (Lipinski definition) is 5. The van der Waals surface area contributed by atoms with E-state index >= 15 is 0 Å². The molecular weight excluding hydrogens is 258 g/mol. The van der Waals surface area contributed by atoms with Crippen molar-refractivity contribution in [2.24, 2.45) is 0 Å². The molecule has 0 saturated carbocycles. The number of furan rings is 1. The van der Waals surface area contributed by atoms with E-state index in [4.69, 9.17) is 14.9 Å². The molecule has 0 atom stereocenters. The normalized spacial score (nSPS) is 9.30. The maximum atomic E-state index is 10.9. The van der Waals surface area contributed by atoms with E-state index in [9.17, 15) is 10.1 Å². The number of nitro groups is 1.